The number of carbonyl (C=O) groups is 1. The number of hydrogen-bond donors (Lipinski definition) is 1. The zero-order chi connectivity index (χ0) is 17.7. The highest BCUT2D eigenvalue weighted by molar-refractivity contribution is 5.82. The van der Waals surface area contributed by atoms with Crippen LogP contribution in [-0.4, -0.2) is 13.1 Å². The first-order chi connectivity index (χ1) is 11.4. The highest BCUT2D eigenvalue weighted by atomic mass is 19.1. The molecule has 0 amide bonds. The van der Waals surface area contributed by atoms with E-state index in [4.69, 9.17) is 10.00 Å². The third-order valence-corrected chi connectivity index (χ3v) is 3.76. The number of hydrogen-bond acceptors (Lipinski definition) is 4. The van der Waals surface area contributed by atoms with E-state index in [1.165, 1.54) is 14.0 Å². The van der Waals surface area contributed by atoms with Gasteiger partial charge in [-0.05, 0) is 42.8 Å². The van der Waals surface area contributed by atoms with Crippen LogP contribution in [-0.2, 0) is 21.6 Å². The molecule has 2 rings (SSSR count). The van der Waals surface area contributed by atoms with Crippen LogP contribution in [0.4, 0.5) is 8.78 Å². The van der Waals surface area contributed by atoms with Crippen molar-refractivity contribution in [2.45, 2.75) is 19.0 Å². The lowest BCUT2D eigenvalue weighted by molar-refractivity contribution is -0.148. The Bertz CT molecular complexity index is 802. The summed E-state index contributed by atoms with van der Waals surface area (Å²) in [6.45, 7) is 1.59. The van der Waals surface area contributed by atoms with Gasteiger partial charge in [0.2, 0.25) is 0 Å². The molecule has 4 nitrogen and oxygen atoms in total. The molecular formula is C18H16F2N2O2. The van der Waals surface area contributed by atoms with Crippen LogP contribution in [0.2, 0.25) is 0 Å². The Morgan fingerprint density at radius 3 is 2.71 bits per heavy atom. The molecule has 0 spiro atoms. The van der Waals surface area contributed by atoms with E-state index in [0.29, 0.717) is 5.56 Å². The lowest BCUT2D eigenvalue weighted by atomic mass is 9.91. The van der Waals surface area contributed by atoms with E-state index in [9.17, 15) is 13.6 Å². The SMILES string of the molecule is COC(=O)[C@](C)(NCc1cccc(C#N)c1)c1cc(F)ccc1F. The molecule has 24 heavy (non-hydrogen) atoms. The van der Waals surface area contributed by atoms with E-state index in [2.05, 4.69) is 5.32 Å². The standard InChI is InChI=1S/C18H16F2N2O2/c1-18(17(23)24-2,15-9-14(19)6-7-16(15)20)22-11-13-5-3-4-12(8-13)10-21/h3-9,22H,11H2,1-2H3/t18-/m1/s1. The van der Waals surface area contributed by atoms with Crippen molar-refractivity contribution in [3.63, 3.8) is 0 Å². The summed E-state index contributed by atoms with van der Waals surface area (Å²) >= 11 is 0. The molecule has 0 bridgehead atoms. The number of carbonyl (C=O) groups excluding carboxylic acids is 1. The zero-order valence-corrected chi connectivity index (χ0v) is 13.3. The molecule has 2 aromatic carbocycles. The van der Waals surface area contributed by atoms with Gasteiger partial charge < -0.3 is 4.74 Å². The molecule has 0 aliphatic carbocycles. The van der Waals surface area contributed by atoms with Gasteiger partial charge in [0.1, 0.15) is 17.2 Å². The van der Waals surface area contributed by atoms with Gasteiger partial charge in [0.25, 0.3) is 0 Å². The number of halogens is 2. The summed E-state index contributed by atoms with van der Waals surface area (Å²) in [7, 11) is 1.18. The lowest BCUT2D eigenvalue weighted by Crippen LogP contribution is -2.47. The Hall–Kier alpha value is -2.78. The zero-order valence-electron chi connectivity index (χ0n) is 13.3. The van der Waals surface area contributed by atoms with Crippen molar-refractivity contribution in [2.24, 2.45) is 0 Å². The Morgan fingerprint density at radius 1 is 1.29 bits per heavy atom. The highest BCUT2D eigenvalue weighted by Crippen LogP contribution is 2.26. The predicted octanol–water partition coefficient (Wildman–Crippen LogP) is 3.01. The van der Waals surface area contributed by atoms with E-state index >= 15 is 0 Å². The molecule has 0 aliphatic rings. The summed E-state index contributed by atoms with van der Waals surface area (Å²) in [6.07, 6.45) is 0. The number of benzene rings is 2. The molecular weight excluding hydrogens is 314 g/mol. The first-order valence-corrected chi connectivity index (χ1v) is 7.18. The normalized spacial score (nSPS) is 13.0. The second-order valence-electron chi connectivity index (χ2n) is 5.41. The molecule has 124 valence electrons. The maximum absolute atomic E-state index is 14.1. The van der Waals surface area contributed by atoms with Crippen molar-refractivity contribution >= 4 is 5.97 Å². The molecule has 0 aliphatic heterocycles. The van der Waals surface area contributed by atoms with E-state index in [0.717, 1.165) is 23.8 Å². The molecule has 2 aromatic rings. The van der Waals surface area contributed by atoms with Crippen molar-refractivity contribution in [2.75, 3.05) is 7.11 Å². The second kappa shape index (κ2) is 7.20. The van der Waals surface area contributed by atoms with Crippen LogP contribution in [0.15, 0.2) is 42.5 Å². The number of nitrogens with zero attached hydrogens (tertiary/aromatic N) is 1. The van der Waals surface area contributed by atoms with Gasteiger partial charge in [0, 0.05) is 12.1 Å². The van der Waals surface area contributed by atoms with Crippen LogP contribution in [0, 0.1) is 23.0 Å². The van der Waals surface area contributed by atoms with Crippen LogP contribution < -0.4 is 5.32 Å². The summed E-state index contributed by atoms with van der Waals surface area (Å²) in [5.74, 6) is -2.12. The van der Waals surface area contributed by atoms with Gasteiger partial charge in [-0.3, -0.25) is 5.32 Å². The fourth-order valence-corrected chi connectivity index (χ4v) is 2.39. The molecule has 0 fully saturated rings. The summed E-state index contributed by atoms with van der Waals surface area (Å²) in [5.41, 5.74) is -0.540. The Labute approximate surface area is 138 Å². The monoisotopic (exact) mass is 330 g/mol. The summed E-state index contributed by atoms with van der Waals surface area (Å²) < 4.78 is 32.4. The average Bonchev–Trinajstić information content (AvgIpc) is 2.61. The smallest absolute Gasteiger partial charge is 0.330 e. The third-order valence-electron chi connectivity index (χ3n) is 3.76. The van der Waals surface area contributed by atoms with Crippen molar-refractivity contribution in [3.8, 4) is 6.07 Å². The van der Waals surface area contributed by atoms with Gasteiger partial charge in [-0.15, -0.1) is 0 Å². The fourth-order valence-electron chi connectivity index (χ4n) is 2.39. The minimum absolute atomic E-state index is 0.147. The molecule has 0 heterocycles. The van der Waals surface area contributed by atoms with Gasteiger partial charge in [-0.25, -0.2) is 13.6 Å². The first-order valence-electron chi connectivity index (χ1n) is 7.18. The van der Waals surface area contributed by atoms with Crippen LogP contribution >= 0.6 is 0 Å². The maximum Gasteiger partial charge on any atom is 0.330 e. The minimum atomic E-state index is -1.58. The molecule has 0 radical (unpaired) electrons. The van der Waals surface area contributed by atoms with Crippen molar-refractivity contribution in [1.29, 1.82) is 5.26 Å². The number of nitrogens with one attached hydrogen (secondary N) is 1. The van der Waals surface area contributed by atoms with Crippen molar-refractivity contribution in [1.82, 2.24) is 5.32 Å². The van der Waals surface area contributed by atoms with E-state index < -0.39 is 23.1 Å². The Kier molecular flexibility index (Phi) is 5.27. The quantitative estimate of drug-likeness (QED) is 0.856. The van der Waals surface area contributed by atoms with Gasteiger partial charge in [-0.2, -0.15) is 5.26 Å². The van der Waals surface area contributed by atoms with Crippen molar-refractivity contribution in [3.05, 3.63) is 70.8 Å². The average molecular weight is 330 g/mol. The molecule has 0 aromatic heterocycles. The van der Waals surface area contributed by atoms with Gasteiger partial charge in [-0.1, -0.05) is 12.1 Å². The Morgan fingerprint density at radius 2 is 2.04 bits per heavy atom. The van der Waals surface area contributed by atoms with Crippen molar-refractivity contribution < 1.29 is 18.3 Å². The second-order valence-corrected chi connectivity index (χ2v) is 5.41. The first kappa shape index (κ1) is 17.6. The number of nitriles is 1. The van der Waals surface area contributed by atoms with E-state index in [-0.39, 0.29) is 12.1 Å². The van der Waals surface area contributed by atoms with Gasteiger partial charge >= 0.3 is 5.97 Å². The van der Waals surface area contributed by atoms with Crippen LogP contribution in [0.3, 0.4) is 0 Å². The number of methoxy groups -OCH3 is 1. The third kappa shape index (κ3) is 3.58. The van der Waals surface area contributed by atoms with Gasteiger partial charge in [0.05, 0.1) is 18.7 Å². The Balaban J connectivity index is 2.36. The topological polar surface area (TPSA) is 62.1 Å². The molecule has 0 saturated heterocycles. The van der Waals surface area contributed by atoms with E-state index in [1.807, 2.05) is 6.07 Å². The molecule has 0 unspecified atom stereocenters. The number of rotatable bonds is 5. The number of ether oxygens (including phenoxy) is 1. The predicted molar refractivity (Wildman–Crippen MR) is 83.7 cm³/mol. The summed E-state index contributed by atoms with van der Waals surface area (Å²) in [4.78, 5) is 12.2. The molecule has 1 N–H and O–H groups in total. The van der Waals surface area contributed by atoms with Crippen LogP contribution in [0.1, 0.15) is 23.6 Å². The fraction of sp³-hybridized carbons (Fsp3) is 0.222. The highest BCUT2D eigenvalue weighted by Gasteiger charge is 2.38. The molecule has 6 heteroatoms. The van der Waals surface area contributed by atoms with Crippen LogP contribution in [0.25, 0.3) is 0 Å². The lowest BCUT2D eigenvalue weighted by Gasteiger charge is -2.29. The number of esters is 1. The minimum Gasteiger partial charge on any atom is -0.467 e. The summed E-state index contributed by atoms with van der Waals surface area (Å²) in [5, 5.41) is 11.8. The molecule has 1 atom stereocenters. The molecule has 0 saturated carbocycles. The van der Waals surface area contributed by atoms with E-state index in [1.54, 1.807) is 24.3 Å². The summed E-state index contributed by atoms with van der Waals surface area (Å²) in [6, 6.07) is 11.7. The van der Waals surface area contributed by atoms with Crippen LogP contribution in [0.5, 0.6) is 0 Å². The maximum atomic E-state index is 14.1. The van der Waals surface area contributed by atoms with Gasteiger partial charge in [0.15, 0.2) is 0 Å². The largest absolute Gasteiger partial charge is 0.467 e.